The Bertz CT molecular complexity index is 222. The van der Waals surface area contributed by atoms with E-state index in [4.69, 9.17) is 0 Å². The van der Waals surface area contributed by atoms with Gasteiger partial charge < -0.3 is 5.32 Å². The van der Waals surface area contributed by atoms with Crippen molar-refractivity contribution in [2.45, 2.75) is 97.4 Å². The Morgan fingerprint density at radius 2 is 1.50 bits per heavy atom. The average Bonchev–Trinajstić information content (AvgIpc) is 2.35. The molecular weight excluding hydrogens is 218 g/mol. The van der Waals surface area contributed by atoms with Crippen molar-refractivity contribution in [2.24, 2.45) is 5.41 Å². The normalized spacial score (nSPS) is 30.7. The van der Waals surface area contributed by atoms with Crippen molar-refractivity contribution >= 4 is 0 Å². The highest BCUT2D eigenvalue weighted by Gasteiger charge is 2.39. The molecule has 1 fully saturated rings. The molecule has 0 bridgehead atoms. The van der Waals surface area contributed by atoms with Crippen molar-refractivity contribution in [3.63, 3.8) is 0 Å². The number of nitrogens with one attached hydrogen (secondary N) is 1. The van der Waals surface area contributed by atoms with Gasteiger partial charge in [0.05, 0.1) is 0 Å². The molecule has 1 heterocycles. The Kier molecular flexibility index (Phi) is 6.70. The van der Waals surface area contributed by atoms with E-state index in [1.54, 1.807) is 0 Å². The van der Waals surface area contributed by atoms with Crippen molar-refractivity contribution in [1.82, 2.24) is 5.32 Å². The zero-order valence-electron chi connectivity index (χ0n) is 13.3. The third-order valence-electron chi connectivity index (χ3n) is 5.31. The van der Waals surface area contributed by atoms with Gasteiger partial charge in [-0.15, -0.1) is 0 Å². The molecule has 1 rings (SSSR count). The predicted octanol–water partition coefficient (Wildman–Crippen LogP) is 5.30. The van der Waals surface area contributed by atoms with E-state index < -0.39 is 0 Å². The predicted molar refractivity (Wildman–Crippen MR) is 82.0 cm³/mol. The smallest absolute Gasteiger partial charge is 0.0178 e. The zero-order chi connectivity index (χ0) is 13.5. The molecule has 0 saturated carbocycles. The van der Waals surface area contributed by atoms with Crippen LogP contribution < -0.4 is 5.32 Å². The minimum atomic E-state index is 0.284. The van der Waals surface area contributed by atoms with Gasteiger partial charge in [0.1, 0.15) is 0 Å². The Balaban J connectivity index is 2.69. The molecule has 1 nitrogen and oxygen atoms in total. The van der Waals surface area contributed by atoms with Gasteiger partial charge in [0, 0.05) is 5.54 Å². The van der Waals surface area contributed by atoms with Crippen molar-refractivity contribution in [1.29, 1.82) is 0 Å². The Hall–Kier alpha value is -0.0400. The quantitative estimate of drug-likeness (QED) is 0.720. The Labute approximate surface area is 115 Å². The first kappa shape index (κ1) is 16.0. The molecular formula is C17H35N. The van der Waals surface area contributed by atoms with Crippen LogP contribution in [-0.4, -0.2) is 12.1 Å². The summed E-state index contributed by atoms with van der Waals surface area (Å²) in [6.45, 7) is 10.9. The molecule has 0 aromatic heterocycles. The van der Waals surface area contributed by atoms with Crippen molar-refractivity contribution in [2.75, 3.05) is 6.54 Å². The van der Waals surface area contributed by atoms with Crippen LogP contribution in [0.4, 0.5) is 0 Å². The maximum absolute atomic E-state index is 3.86. The fraction of sp³-hybridized carbons (Fsp3) is 1.00. The van der Waals surface area contributed by atoms with Gasteiger partial charge in [-0.3, -0.25) is 0 Å². The zero-order valence-corrected chi connectivity index (χ0v) is 13.3. The van der Waals surface area contributed by atoms with Crippen LogP contribution >= 0.6 is 0 Å². The van der Waals surface area contributed by atoms with Crippen LogP contribution in [0.1, 0.15) is 91.9 Å². The molecule has 1 aliphatic rings. The highest BCUT2D eigenvalue weighted by atomic mass is 15.0. The highest BCUT2D eigenvalue weighted by Crippen LogP contribution is 2.41. The van der Waals surface area contributed by atoms with Gasteiger partial charge in [0.2, 0.25) is 0 Å². The largest absolute Gasteiger partial charge is 0.311 e. The number of hydrogen-bond acceptors (Lipinski definition) is 1. The van der Waals surface area contributed by atoms with Crippen LogP contribution in [0.3, 0.4) is 0 Å². The molecule has 1 N–H and O–H groups in total. The third-order valence-corrected chi connectivity index (χ3v) is 5.31. The lowest BCUT2D eigenvalue weighted by Gasteiger charge is -2.46. The molecule has 108 valence electrons. The summed E-state index contributed by atoms with van der Waals surface area (Å²) in [5.74, 6) is 0. The molecule has 1 aliphatic heterocycles. The van der Waals surface area contributed by atoms with E-state index in [-0.39, 0.29) is 5.54 Å². The van der Waals surface area contributed by atoms with Gasteiger partial charge in [-0.05, 0) is 45.1 Å². The second kappa shape index (κ2) is 7.53. The van der Waals surface area contributed by atoms with Crippen LogP contribution in [0.15, 0.2) is 0 Å². The number of unbranched alkanes of at least 4 members (excludes halogenated alkanes) is 1. The molecule has 0 radical (unpaired) electrons. The first-order chi connectivity index (χ1) is 8.52. The summed E-state index contributed by atoms with van der Waals surface area (Å²) >= 11 is 0. The molecule has 0 aliphatic carbocycles. The molecule has 0 aromatic carbocycles. The Morgan fingerprint density at radius 3 is 2.17 bits per heavy atom. The summed E-state index contributed by atoms with van der Waals surface area (Å²) in [4.78, 5) is 0. The molecule has 0 amide bonds. The minimum absolute atomic E-state index is 0.284. The molecule has 18 heavy (non-hydrogen) atoms. The second-order valence-electron chi connectivity index (χ2n) is 7.09. The van der Waals surface area contributed by atoms with Crippen molar-refractivity contribution in [3.05, 3.63) is 0 Å². The van der Waals surface area contributed by atoms with Gasteiger partial charge in [0.25, 0.3) is 0 Å². The van der Waals surface area contributed by atoms with E-state index in [0.29, 0.717) is 5.41 Å². The van der Waals surface area contributed by atoms with E-state index >= 15 is 0 Å². The molecule has 1 heteroatoms. The topological polar surface area (TPSA) is 12.0 Å². The lowest BCUT2D eigenvalue weighted by atomic mass is 9.66. The molecule has 0 spiro atoms. The van der Waals surface area contributed by atoms with E-state index in [1.807, 2.05) is 0 Å². The van der Waals surface area contributed by atoms with Crippen LogP contribution in [0.25, 0.3) is 0 Å². The standard InChI is InChI=1S/C17H35N/c1-5-6-13-17(4)14-11-9-7-8-10-12-15-18-16(17,2)3/h18H,5-15H2,1-4H3/t17-/m1/s1. The van der Waals surface area contributed by atoms with Crippen LogP contribution in [0.2, 0.25) is 0 Å². The van der Waals surface area contributed by atoms with E-state index in [2.05, 4.69) is 33.0 Å². The summed E-state index contributed by atoms with van der Waals surface area (Å²) in [6.07, 6.45) is 14.0. The van der Waals surface area contributed by atoms with Crippen molar-refractivity contribution < 1.29 is 0 Å². The van der Waals surface area contributed by atoms with Gasteiger partial charge >= 0.3 is 0 Å². The third kappa shape index (κ3) is 4.57. The van der Waals surface area contributed by atoms with Crippen LogP contribution in [-0.2, 0) is 0 Å². The Morgan fingerprint density at radius 1 is 0.889 bits per heavy atom. The van der Waals surface area contributed by atoms with Crippen LogP contribution in [0.5, 0.6) is 0 Å². The van der Waals surface area contributed by atoms with E-state index in [9.17, 15) is 0 Å². The summed E-state index contributed by atoms with van der Waals surface area (Å²) < 4.78 is 0. The van der Waals surface area contributed by atoms with Crippen molar-refractivity contribution in [3.8, 4) is 0 Å². The second-order valence-corrected chi connectivity index (χ2v) is 7.09. The van der Waals surface area contributed by atoms with Gasteiger partial charge in [-0.2, -0.15) is 0 Å². The van der Waals surface area contributed by atoms with Crippen LogP contribution in [0, 0.1) is 5.41 Å². The highest BCUT2D eigenvalue weighted by molar-refractivity contribution is 4.96. The van der Waals surface area contributed by atoms with E-state index in [1.165, 1.54) is 70.8 Å². The average molecular weight is 253 g/mol. The first-order valence-corrected chi connectivity index (χ1v) is 8.27. The van der Waals surface area contributed by atoms with Gasteiger partial charge in [-0.25, -0.2) is 0 Å². The molecule has 0 aromatic rings. The summed E-state index contributed by atoms with van der Waals surface area (Å²) in [6, 6.07) is 0. The lowest BCUT2D eigenvalue weighted by molar-refractivity contribution is 0.102. The fourth-order valence-electron chi connectivity index (χ4n) is 3.28. The number of hydrogen-bond donors (Lipinski definition) is 1. The molecule has 1 atom stereocenters. The van der Waals surface area contributed by atoms with Gasteiger partial charge in [-0.1, -0.05) is 58.8 Å². The van der Waals surface area contributed by atoms with E-state index in [0.717, 1.165) is 0 Å². The minimum Gasteiger partial charge on any atom is -0.311 e. The molecule has 0 unspecified atom stereocenters. The monoisotopic (exact) mass is 253 g/mol. The van der Waals surface area contributed by atoms with Gasteiger partial charge in [0.15, 0.2) is 0 Å². The summed E-state index contributed by atoms with van der Waals surface area (Å²) in [7, 11) is 0. The number of rotatable bonds is 3. The summed E-state index contributed by atoms with van der Waals surface area (Å²) in [5, 5.41) is 3.86. The first-order valence-electron chi connectivity index (χ1n) is 8.27. The molecule has 1 saturated heterocycles. The fourth-order valence-corrected chi connectivity index (χ4v) is 3.28. The maximum Gasteiger partial charge on any atom is 0.0178 e. The lowest BCUT2D eigenvalue weighted by Crippen LogP contribution is -2.53. The summed E-state index contributed by atoms with van der Waals surface area (Å²) in [5.41, 5.74) is 0.750. The SMILES string of the molecule is CCCC[C@]1(C)CCCCCCCCNC1(C)C. The maximum atomic E-state index is 3.86.